The van der Waals surface area contributed by atoms with Gasteiger partial charge in [-0.05, 0) is 49.2 Å². The summed E-state index contributed by atoms with van der Waals surface area (Å²) in [6, 6.07) is 21.3. The lowest BCUT2D eigenvalue weighted by atomic mass is 10.1. The highest BCUT2D eigenvalue weighted by Crippen LogP contribution is 2.34. The number of aliphatic hydroxyl groups is 1. The molecule has 0 saturated heterocycles. The number of hydrogen-bond donors (Lipinski definition) is 3. The predicted molar refractivity (Wildman–Crippen MR) is 134 cm³/mol. The van der Waals surface area contributed by atoms with Gasteiger partial charge in [0.05, 0.1) is 29.9 Å². The second-order valence-corrected chi connectivity index (χ2v) is 7.96. The number of pyridine rings is 1. The van der Waals surface area contributed by atoms with Gasteiger partial charge in [-0.15, -0.1) is 0 Å². The van der Waals surface area contributed by atoms with Gasteiger partial charge in [-0.1, -0.05) is 49.7 Å². The molecule has 4 rings (SSSR count). The molecule has 33 heavy (non-hydrogen) atoms. The second kappa shape index (κ2) is 10.3. The highest BCUT2D eigenvalue weighted by molar-refractivity contribution is 6.08. The number of carbonyl (C=O) groups is 1. The standard InChI is InChI=1S/C27H29N3O3/c1-3-9-25(27(32)33-4-2)28-19-14-18(17-31)15-20(16-19)29-26-21-10-5-7-12-23(21)30-24-13-8-6-11-22(24)26/h5-8,10-16,25,28,31H,3-4,9,17H2,1-2H3,(H,29,30). The molecule has 0 spiro atoms. The van der Waals surface area contributed by atoms with Crippen LogP contribution < -0.4 is 10.6 Å². The Labute approximate surface area is 193 Å². The normalized spacial score (nSPS) is 12.0. The van der Waals surface area contributed by atoms with Gasteiger partial charge in [0.1, 0.15) is 6.04 Å². The number of esters is 1. The fourth-order valence-corrected chi connectivity index (χ4v) is 4.04. The van der Waals surface area contributed by atoms with Crippen LogP contribution >= 0.6 is 0 Å². The van der Waals surface area contributed by atoms with E-state index in [9.17, 15) is 9.90 Å². The van der Waals surface area contributed by atoms with E-state index in [1.807, 2.05) is 73.7 Å². The van der Waals surface area contributed by atoms with Gasteiger partial charge < -0.3 is 20.5 Å². The molecule has 1 aromatic heterocycles. The van der Waals surface area contributed by atoms with E-state index in [-0.39, 0.29) is 12.6 Å². The number of anilines is 3. The molecule has 170 valence electrons. The zero-order valence-corrected chi connectivity index (χ0v) is 19.0. The van der Waals surface area contributed by atoms with Gasteiger partial charge >= 0.3 is 5.97 Å². The van der Waals surface area contributed by atoms with Crippen molar-refractivity contribution in [2.24, 2.45) is 0 Å². The molecule has 3 aromatic carbocycles. The van der Waals surface area contributed by atoms with Crippen LogP contribution in [0.4, 0.5) is 17.1 Å². The van der Waals surface area contributed by atoms with Crippen molar-refractivity contribution in [3.8, 4) is 0 Å². The zero-order valence-electron chi connectivity index (χ0n) is 19.0. The van der Waals surface area contributed by atoms with E-state index < -0.39 is 6.04 Å². The number of aromatic nitrogens is 1. The minimum absolute atomic E-state index is 0.111. The maximum Gasteiger partial charge on any atom is 0.328 e. The Morgan fingerprint density at radius 2 is 1.61 bits per heavy atom. The van der Waals surface area contributed by atoms with Crippen LogP contribution in [0.15, 0.2) is 66.7 Å². The molecular weight excluding hydrogens is 414 g/mol. The van der Waals surface area contributed by atoms with Crippen LogP contribution in [0, 0.1) is 0 Å². The van der Waals surface area contributed by atoms with E-state index in [1.54, 1.807) is 6.92 Å². The monoisotopic (exact) mass is 443 g/mol. The molecule has 0 aliphatic carbocycles. The van der Waals surface area contributed by atoms with E-state index in [2.05, 4.69) is 10.6 Å². The molecule has 4 aromatic rings. The number of aliphatic hydroxyl groups excluding tert-OH is 1. The van der Waals surface area contributed by atoms with Gasteiger partial charge in [0, 0.05) is 22.1 Å². The minimum atomic E-state index is -0.445. The molecule has 1 atom stereocenters. The first-order valence-electron chi connectivity index (χ1n) is 11.4. The number of nitrogens with zero attached hydrogens (tertiary/aromatic N) is 1. The highest BCUT2D eigenvalue weighted by atomic mass is 16.5. The fraction of sp³-hybridized carbons (Fsp3) is 0.259. The van der Waals surface area contributed by atoms with E-state index in [0.29, 0.717) is 13.0 Å². The van der Waals surface area contributed by atoms with Crippen LogP contribution in [-0.4, -0.2) is 28.7 Å². The first-order chi connectivity index (χ1) is 16.1. The average molecular weight is 444 g/mol. The van der Waals surface area contributed by atoms with Gasteiger partial charge in [0.15, 0.2) is 0 Å². The molecule has 0 aliphatic heterocycles. The number of para-hydroxylation sites is 2. The molecule has 1 unspecified atom stereocenters. The van der Waals surface area contributed by atoms with Gasteiger partial charge in [-0.2, -0.15) is 0 Å². The topological polar surface area (TPSA) is 83.5 Å². The Morgan fingerprint density at radius 1 is 0.970 bits per heavy atom. The SMILES string of the molecule is CCCC(Nc1cc(CO)cc(Nc2c3ccccc3nc3ccccc23)c1)C(=O)OCC. The Balaban J connectivity index is 1.74. The van der Waals surface area contributed by atoms with Gasteiger partial charge in [-0.25, -0.2) is 9.78 Å². The molecule has 6 nitrogen and oxygen atoms in total. The molecule has 0 amide bonds. The second-order valence-electron chi connectivity index (χ2n) is 7.96. The fourth-order valence-electron chi connectivity index (χ4n) is 4.04. The summed E-state index contributed by atoms with van der Waals surface area (Å²) in [5, 5.41) is 18.7. The van der Waals surface area contributed by atoms with Crippen molar-refractivity contribution in [2.75, 3.05) is 17.2 Å². The van der Waals surface area contributed by atoms with Crippen LogP contribution in [-0.2, 0) is 16.1 Å². The third-order valence-electron chi connectivity index (χ3n) is 5.52. The van der Waals surface area contributed by atoms with Crippen molar-refractivity contribution in [3.05, 3.63) is 72.3 Å². The number of carbonyl (C=O) groups excluding carboxylic acids is 1. The van der Waals surface area contributed by atoms with Gasteiger partial charge in [-0.3, -0.25) is 0 Å². The lowest BCUT2D eigenvalue weighted by molar-refractivity contribution is -0.144. The number of benzene rings is 3. The van der Waals surface area contributed by atoms with Gasteiger partial charge in [0.25, 0.3) is 0 Å². The summed E-state index contributed by atoms with van der Waals surface area (Å²) in [5.41, 5.74) is 5.06. The third kappa shape index (κ3) is 5.07. The molecule has 0 aliphatic rings. The summed E-state index contributed by atoms with van der Waals surface area (Å²) in [4.78, 5) is 17.2. The van der Waals surface area contributed by atoms with Crippen LogP contribution in [0.3, 0.4) is 0 Å². The zero-order chi connectivity index (χ0) is 23.2. The van der Waals surface area contributed by atoms with Crippen LogP contribution in [0.2, 0.25) is 0 Å². The molecule has 0 fully saturated rings. The van der Waals surface area contributed by atoms with Crippen LogP contribution in [0.1, 0.15) is 32.3 Å². The number of rotatable bonds is 9. The first-order valence-corrected chi connectivity index (χ1v) is 11.4. The van der Waals surface area contributed by atoms with Crippen molar-refractivity contribution < 1.29 is 14.6 Å². The smallest absolute Gasteiger partial charge is 0.328 e. The van der Waals surface area contributed by atoms with E-state index >= 15 is 0 Å². The number of fused-ring (bicyclic) bond motifs is 2. The molecule has 6 heteroatoms. The summed E-state index contributed by atoms with van der Waals surface area (Å²) in [6.45, 7) is 4.07. The molecule has 0 radical (unpaired) electrons. The summed E-state index contributed by atoms with van der Waals surface area (Å²) < 4.78 is 5.23. The van der Waals surface area contributed by atoms with E-state index in [4.69, 9.17) is 9.72 Å². The first kappa shape index (κ1) is 22.6. The third-order valence-corrected chi connectivity index (χ3v) is 5.52. The molecule has 0 saturated carbocycles. The summed E-state index contributed by atoms with van der Waals surface area (Å²) in [7, 11) is 0. The summed E-state index contributed by atoms with van der Waals surface area (Å²) in [5.74, 6) is -0.269. The van der Waals surface area contributed by atoms with Crippen molar-refractivity contribution in [2.45, 2.75) is 39.3 Å². The van der Waals surface area contributed by atoms with Crippen LogP contribution in [0.25, 0.3) is 21.8 Å². The number of hydrogen-bond acceptors (Lipinski definition) is 6. The number of nitrogens with one attached hydrogen (secondary N) is 2. The Kier molecular flexibility index (Phi) is 7.05. The molecule has 1 heterocycles. The summed E-state index contributed by atoms with van der Waals surface area (Å²) in [6.07, 6.45) is 1.50. The van der Waals surface area contributed by atoms with Crippen molar-refractivity contribution in [1.82, 2.24) is 4.98 Å². The molecular formula is C27H29N3O3. The maximum atomic E-state index is 12.4. The lowest BCUT2D eigenvalue weighted by Crippen LogP contribution is -2.31. The van der Waals surface area contributed by atoms with Crippen molar-refractivity contribution in [1.29, 1.82) is 0 Å². The molecule has 3 N–H and O–H groups in total. The van der Waals surface area contributed by atoms with E-state index in [1.165, 1.54) is 0 Å². The van der Waals surface area contributed by atoms with Gasteiger partial charge in [0.2, 0.25) is 0 Å². The minimum Gasteiger partial charge on any atom is -0.464 e. The van der Waals surface area contributed by atoms with Crippen LogP contribution in [0.5, 0.6) is 0 Å². The Bertz CT molecular complexity index is 1220. The summed E-state index contributed by atoms with van der Waals surface area (Å²) >= 11 is 0. The van der Waals surface area contributed by atoms with Crippen molar-refractivity contribution >= 4 is 44.8 Å². The highest BCUT2D eigenvalue weighted by Gasteiger charge is 2.19. The predicted octanol–water partition coefficient (Wildman–Crippen LogP) is 5.77. The number of ether oxygens (including phenoxy) is 1. The largest absolute Gasteiger partial charge is 0.464 e. The lowest BCUT2D eigenvalue weighted by Gasteiger charge is -2.20. The van der Waals surface area contributed by atoms with E-state index in [0.717, 1.165) is 50.9 Å². The van der Waals surface area contributed by atoms with Crippen molar-refractivity contribution in [3.63, 3.8) is 0 Å². The quantitative estimate of drug-likeness (QED) is 0.225. The maximum absolute atomic E-state index is 12.4. The average Bonchev–Trinajstić information content (AvgIpc) is 2.83. The molecule has 0 bridgehead atoms. The Morgan fingerprint density at radius 3 is 2.21 bits per heavy atom. The Hall–Kier alpha value is -3.64.